The molecule has 2 rings (SSSR count). The Morgan fingerprint density at radius 2 is 1.86 bits per heavy atom. The summed E-state index contributed by atoms with van der Waals surface area (Å²) < 4.78 is 0. The first-order valence-electron chi connectivity index (χ1n) is 9.11. The number of nitrogens with zero attached hydrogens (tertiary/aromatic N) is 1. The van der Waals surface area contributed by atoms with E-state index in [0.29, 0.717) is 18.1 Å². The lowest BCUT2D eigenvalue weighted by molar-refractivity contribution is 0.168. The van der Waals surface area contributed by atoms with Crippen molar-refractivity contribution in [1.29, 1.82) is 0 Å². The number of carbonyl (C=O) groups is 1. The first-order valence-corrected chi connectivity index (χ1v) is 9.11. The van der Waals surface area contributed by atoms with Gasteiger partial charge in [0, 0.05) is 31.2 Å². The average Bonchev–Trinajstić information content (AvgIpc) is 2.54. The molecule has 2 N–H and O–H groups in total. The molecular weight excluding hydrogens is 274 g/mol. The SMILES string of the molecule is C=CCCC(C)NC1CCN(C(=O)NC2CCCCC2)CC1. The Morgan fingerprint density at radius 3 is 2.50 bits per heavy atom. The maximum absolute atomic E-state index is 12.3. The Hall–Kier alpha value is -1.03. The summed E-state index contributed by atoms with van der Waals surface area (Å²) in [6.07, 6.45) is 12.5. The van der Waals surface area contributed by atoms with E-state index >= 15 is 0 Å². The Bertz CT molecular complexity index is 344. The molecular formula is C18H33N3O. The predicted molar refractivity (Wildman–Crippen MR) is 92.0 cm³/mol. The molecule has 22 heavy (non-hydrogen) atoms. The van der Waals surface area contributed by atoms with E-state index in [-0.39, 0.29) is 6.03 Å². The third-order valence-electron chi connectivity index (χ3n) is 5.04. The molecule has 2 aliphatic rings. The van der Waals surface area contributed by atoms with Crippen LogP contribution in [0.2, 0.25) is 0 Å². The van der Waals surface area contributed by atoms with Gasteiger partial charge in [-0.05, 0) is 45.4 Å². The third kappa shape index (κ3) is 5.64. The quantitative estimate of drug-likeness (QED) is 0.738. The van der Waals surface area contributed by atoms with Gasteiger partial charge in [0.05, 0.1) is 0 Å². The standard InChI is InChI=1S/C18H33N3O/c1-3-4-8-15(2)19-17-11-13-21(14-12-17)18(22)20-16-9-6-5-7-10-16/h3,15-17,19H,1,4-14H2,2H3,(H,20,22). The van der Waals surface area contributed by atoms with Crippen LogP contribution in [0.4, 0.5) is 4.79 Å². The number of allylic oxidation sites excluding steroid dienone is 1. The van der Waals surface area contributed by atoms with Crippen LogP contribution >= 0.6 is 0 Å². The lowest BCUT2D eigenvalue weighted by Gasteiger charge is -2.35. The summed E-state index contributed by atoms with van der Waals surface area (Å²) in [7, 11) is 0. The summed E-state index contributed by atoms with van der Waals surface area (Å²) in [4.78, 5) is 14.3. The van der Waals surface area contributed by atoms with Crippen LogP contribution in [0.1, 0.15) is 64.7 Å². The number of urea groups is 1. The number of piperidine rings is 1. The van der Waals surface area contributed by atoms with Crippen molar-refractivity contribution in [2.24, 2.45) is 0 Å². The monoisotopic (exact) mass is 307 g/mol. The summed E-state index contributed by atoms with van der Waals surface area (Å²) in [5.41, 5.74) is 0. The Kier molecular flexibility index (Phi) is 7.23. The zero-order valence-corrected chi connectivity index (χ0v) is 14.2. The zero-order valence-electron chi connectivity index (χ0n) is 14.2. The van der Waals surface area contributed by atoms with Crippen LogP contribution in [0.3, 0.4) is 0 Å². The minimum atomic E-state index is 0.157. The first kappa shape index (κ1) is 17.3. The van der Waals surface area contributed by atoms with Crippen LogP contribution in [0.15, 0.2) is 12.7 Å². The van der Waals surface area contributed by atoms with Crippen molar-refractivity contribution in [3.05, 3.63) is 12.7 Å². The largest absolute Gasteiger partial charge is 0.335 e. The molecule has 4 heteroatoms. The van der Waals surface area contributed by atoms with Crippen molar-refractivity contribution in [2.75, 3.05) is 13.1 Å². The fourth-order valence-electron chi connectivity index (χ4n) is 3.62. The van der Waals surface area contributed by atoms with Gasteiger partial charge in [-0.1, -0.05) is 25.3 Å². The van der Waals surface area contributed by atoms with Gasteiger partial charge in [-0.2, -0.15) is 0 Å². The van der Waals surface area contributed by atoms with Gasteiger partial charge in [-0.25, -0.2) is 4.79 Å². The maximum Gasteiger partial charge on any atom is 0.317 e. The highest BCUT2D eigenvalue weighted by Crippen LogP contribution is 2.18. The van der Waals surface area contributed by atoms with Crippen molar-refractivity contribution >= 4 is 6.03 Å². The molecule has 0 bridgehead atoms. The van der Waals surface area contributed by atoms with Crippen LogP contribution in [0.5, 0.6) is 0 Å². The molecule has 2 fully saturated rings. The molecule has 1 atom stereocenters. The normalized spacial score (nSPS) is 22.3. The molecule has 0 radical (unpaired) electrons. The summed E-state index contributed by atoms with van der Waals surface area (Å²) in [6, 6.07) is 1.66. The molecule has 1 aliphatic heterocycles. The molecule has 0 aromatic rings. The molecule has 4 nitrogen and oxygen atoms in total. The summed E-state index contributed by atoms with van der Waals surface area (Å²) >= 11 is 0. The Labute approximate surface area is 135 Å². The Balaban J connectivity index is 1.65. The minimum absolute atomic E-state index is 0.157. The smallest absolute Gasteiger partial charge is 0.317 e. The average molecular weight is 307 g/mol. The maximum atomic E-state index is 12.3. The van der Waals surface area contributed by atoms with E-state index in [2.05, 4.69) is 24.1 Å². The second kappa shape index (κ2) is 9.19. The van der Waals surface area contributed by atoms with Gasteiger partial charge in [-0.3, -0.25) is 0 Å². The fraction of sp³-hybridized carbons (Fsp3) is 0.833. The number of amides is 2. The second-order valence-corrected chi connectivity index (χ2v) is 6.98. The van der Waals surface area contributed by atoms with Crippen molar-refractivity contribution < 1.29 is 4.79 Å². The van der Waals surface area contributed by atoms with Crippen LogP contribution in [0.25, 0.3) is 0 Å². The van der Waals surface area contributed by atoms with Crippen LogP contribution < -0.4 is 10.6 Å². The van der Waals surface area contributed by atoms with Crippen LogP contribution in [0, 0.1) is 0 Å². The summed E-state index contributed by atoms with van der Waals surface area (Å²) in [5.74, 6) is 0. The van der Waals surface area contributed by atoms with E-state index in [1.54, 1.807) is 0 Å². The number of rotatable bonds is 6. The van der Waals surface area contributed by atoms with Crippen molar-refractivity contribution in [3.8, 4) is 0 Å². The van der Waals surface area contributed by atoms with Crippen molar-refractivity contribution in [3.63, 3.8) is 0 Å². The predicted octanol–water partition coefficient (Wildman–Crippen LogP) is 3.44. The van der Waals surface area contributed by atoms with Gasteiger partial charge in [0.25, 0.3) is 0 Å². The van der Waals surface area contributed by atoms with E-state index < -0.39 is 0 Å². The molecule has 1 unspecified atom stereocenters. The topological polar surface area (TPSA) is 44.4 Å². The second-order valence-electron chi connectivity index (χ2n) is 6.98. The zero-order chi connectivity index (χ0) is 15.8. The highest BCUT2D eigenvalue weighted by molar-refractivity contribution is 5.74. The summed E-state index contributed by atoms with van der Waals surface area (Å²) in [5, 5.41) is 6.92. The van der Waals surface area contributed by atoms with Gasteiger partial charge < -0.3 is 15.5 Å². The van der Waals surface area contributed by atoms with Gasteiger partial charge in [0.15, 0.2) is 0 Å². The number of hydrogen-bond donors (Lipinski definition) is 2. The molecule has 126 valence electrons. The van der Waals surface area contributed by atoms with Crippen LogP contribution in [-0.4, -0.2) is 42.1 Å². The lowest BCUT2D eigenvalue weighted by Crippen LogP contribution is -2.51. The fourth-order valence-corrected chi connectivity index (χ4v) is 3.62. The molecule has 1 aliphatic carbocycles. The van der Waals surface area contributed by atoms with Crippen LogP contribution in [-0.2, 0) is 0 Å². The van der Waals surface area contributed by atoms with E-state index in [9.17, 15) is 4.79 Å². The molecule has 0 aromatic heterocycles. The lowest BCUT2D eigenvalue weighted by atomic mass is 9.95. The first-order chi connectivity index (χ1) is 10.7. The molecule has 1 saturated heterocycles. The molecule has 0 spiro atoms. The minimum Gasteiger partial charge on any atom is -0.335 e. The number of hydrogen-bond acceptors (Lipinski definition) is 2. The molecule has 1 heterocycles. The molecule has 0 aromatic carbocycles. The van der Waals surface area contributed by atoms with E-state index in [0.717, 1.165) is 51.6 Å². The number of likely N-dealkylation sites (tertiary alicyclic amines) is 1. The highest BCUT2D eigenvalue weighted by Gasteiger charge is 2.25. The van der Waals surface area contributed by atoms with Gasteiger partial charge in [0.1, 0.15) is 0 Å². The van der Waals surface area contributed by atoms with E-state index in [1.807, 2.05) is 11.0 Å². The van der Waals surface area contributed by atoms with Crippen molar-refractivity contribution in [1.82, 2.24) is 15.5 Å². The molecule has 1 saturated carbocycles. The van der Waals surface area contributed by atoms with Gasteiger partial charge in [0.2, 0.25) is 0 Å². The number of nitrogens with one attached hydrogen (secondary N) is 2. The third-order valence-corrected chi connectivity index (χ3v) is 5.04. The van der Waals surface area contributed by atoms with Crippen molar-refractivity contribution in [2.45, 2.75) is 82.8 Å². The van der Waals surface area contributed by atoms with E-state index in [1.165, 1.54) is 19.3 Å². The van der Waals surface area contributed by atoms with Gasteiger partial charge in [-0.15, -0.1) is 6.58 Å². The van der Waals surface area contributed by atoms with E-state index in [4.69, 9.17) is 0 Å². The molecule has 2 amide bonds. The number of carbonyl (C=O) groups excluding carboxylic acids is 1. The highest BCUT2D eigenvalue weighted by atomic mass is 16.2. The summed E-state index contributed by atoms with van der Waals surface area (Å²) in [6.45, 7) is 7.78. The Morgan fingerprint density at radius 1 is 1.18 bits per heavy atom. The van der Waals surface area contributed by atoms with Gasteiger partial charge >= 0.3 is 6.03 Å².